The Hall–Kier alpha value is -1.82. The van der Waals surface area contributed by atoms with Gasteiger partial charge in [0.2, 0.25) is 0 Å². The van der Waals surface area contributed by atoms with Gasteiger partial charge in [-0.1, -0.05) is 39.3 Å². The van der Waals surface area contributed by atoms with Crippen LogP contribution in [0.15, 0.2) is 21.1 Å². The minimum atomic E-state index is -6.85. The van der Waals surface area contributed by atoms with Gasteiger partial charge in [0.05, 0.1) is 0 Å². The number of phenolic OH excluding ortho intramolecular Hbond substituents is 1. The summed E-state index contributed by atoms with van der Waals surface area (Å²) in [6.07, 6.45) is 0. The quantitative estimate of drug-likeness (QED) is 0.184. The highest BCUT2D eigenvalue weighted by Gasteiger charge is 2.57. The lowest BCUT2D eigenvalue weighted by molar-refractivity contribution is -0.0586. The number of halogens is 11. The second-order valence-electron chi connectivity index (χ2n) is 8.38. The van der Waals surface area contributed by atoms with Gasteiger partial charge in [-0.05, 0) is 87.1 Å². The van der Waals surface area contributed by atoms with Gasteiger partial charge in [0, 0.05) is 8.95 Å². The molecule has 0 aromatic heterocycles. The smallest absolute Gasteiger partial charge is 0.507 e. The van der Waals surface area contributed by atoms with Gasteiger partial charge >= 0.3 is 46.9 Å². The van der Waals surface area contributed by atoms with Crippen molar-refractivity contribution in [3.05, 3.63) is 54.5 Å². The van der Waals surface area contributed by atoms with E-state index in [0.717, 1.165) is 21.2 Å². The highest BCUT2D eigenvalue weighted by Crippen LogP contribution is 2.36. The molecular weight excluding hydrogens is 835 g/mol. The molecule has 9 nitrogen and oxygen atoms in total. The lowest BCUT2D eigenvalue weighted by atomic mass is 10.1. The number of hydrogen-bond acceptors (Lipinski definition) is 9. The Bertz CT molecular complexity index is 1630. The van der Waals surface area contributed by atoms with Crippen LogP contribution < -0.4 is 4.18 Å². The summed E-state index contributed by atoms with van der Waals surface area (Å²) in [7, 11) is -19.3. The first-order valence-electron chi connectivity index (χ1n) is 10.8. The highest BCUT2D eigenvalue weighted by molar-refractivity contribution is 9.10. The molecule has 1 N–H and O–H groups in total. The van der Waals surface area contributed by atoms with E-state index in [1.165, 1.54) is 19.9 Å². The summed E-state index contributed by atoms with van der Waals surface area (Å²) < 4.78 is 175. The van der Waals surface area contributed by atoms with E-state index in [4.69, 9.17) is 0 Å². The molecule has 23 heteroatoms. The van der Waals surface area contributed by atoms with E-state index in [9.17, 15) is 69.9 Å². The molecule has 0 heterocycles. The predicted molar refractivity (Wildman–Crippen MR) is 152 cm³/mol. The maximum atomic E-state index is 12.2. The fourth-order valence-electron chi connectivity index (χ4n) is 2.51. The first-order chi connectivity index (χ1) is 19.2. The molecule has 0 amide bonds. The molecule has 262 valence electrons. The molecule has 0 atom stereocenters. The molecule has 0 saturated carbocycles. The fourth-order valence-corrected chi connectivity index (χ4v) is 5.92. The van der Waals surface area contributed by atoms with Crippen LogP contribution in [0.3, 0.4) is 0 Å². The van der Waals surface area contributed by atoms with Crippen molar-refractivity contribution in [1.29, 1.82) is 0 Å². The third kappa shape index (κ3) is 11.7. The van der Waals surface area contributed by atoms with E-state index in [1.54, 1.807) is 6.92 Å². The van der Waals surface area contributed by atoms with Crippen LogP contribution in [-0.2, 0) is 34.0 Å². The Morgan fingerprint density at radius 1 is 0.578 bits per heavy atom. The van der Waals surface area contributed by atoms with Crippen LogP contribution >= 0.6 is 31.9 Å². The maximum Gasteiger partial charge on any atom is 0.534 e. The van der Waals surface area contributed by atoms with Gasteiger partial charge in [-0.3, -0.25) is 0 Å². The van der Waals surface area contributed by atoms with Gasteiger partial charge in [0.15, 0.2) is 0 Å². The third-order valence-electron chi connectivity index (χ3n) is 5.18. The van der Waals surface area contributed by atoms with Gasteiger partial charge in [-0.2, -0.15) is 64.8 Å². The summed E-state index contributed by atoms with van der Waals surface area (Å²) in [6, 6.07) is 3.43. The molecule has 0 spiro atoms. The lowest BCUT2D eigenvalue weighted by Gasteiger charge is -2.15. The van der Waals surface area contributed by atoms with Crippen molar-refractivity contribution < 1.29 is 77.7 Å². The van der Waals surface area contributed by atoms with Crippen LogP contribution in [0.4, 0.5) is 39.5 Å². The zero-order chi connectivity index (χ0) is 35.6. The van der Waals surface area contributed by atoms with Gasteiger partial charge in [-0.25, -0.2) is 0 Å². The zero-order valence-electron chi connectivity index (χ0n) is 22.8. The molecule has 0 unspecified atom stereocenters. The third-order valence-corrected chi connectivity index (χ3v) is 10.3. The van der Waals surface area contributed by atoms with Crippen molar-refractivity contribution in [3.63, 3.8) is 0 Å². The summed E-state index contributed by atoms with van der Waals surface area (Å²) in [4.78, 5) is 0. The molecule has 2 aromatic rings. The van der Waals surface area contributed by atoms with Crippen molar-refractivity contribution in [2.75, 3.05) is 0 Å². The summed E-state index contributed by atoms with van der Waals surface area (Å²) in [5, 5.41) is 9.49. The Morgan fingerprint density at radius 2 is 0.889 bits per heavy atom. The fraction of sp³-hybridized carbons (Fsp3) is 0.455. The van der Waals surface area contributed by atoms with Crippen molar-refractivity contribution >= 4 is 62.2 Å². The van der Waals surface area contributed by atoms with Crippen LogP contribution in [-0.4, -0.2) is 46.9 Å². The molecule has 0 aliphatic heterocycles. The second kappa shape index (κ2) is 15.4. The van der Waals surface area contributed by atoms with E-state index in [1.807, 2.05) is 30.5 Å². The van der Waals surface area contributed by atoms with E-state index >= 15 is 0 Å². The molecule has 0 fully saturated rings. The van der Waals surface area contributed by atoms with E-state index in [-0.39, 0.29) is 13.2 Å². The molecule has 2 rings (SSSR count). The Morgan fingerprint density at radius 3 is 1.22 bits per heavy atom. The van der Waals surface area contributed by atoms with Crippen LogP contribution in [0.1, 0.15) is 40.8 Å². The average molecular weight is 860 g/mol. The molecule has 0 aliphatic carbocycles. The summed E-state index contributed by atoms with van der Waals surface area (Å²) >= 11 is 6.64. The maximum absolute atomic E-state index is 12.2. The second-order valence-corrected chi connectivity index (χ2v) is 14.9. The number of aromatic hydroxyl groups is 1. The van der Waals surface area contributed by atoms with Gasteiger partial charge in [0.25, 0.3) is 0 Å². The molecular formula is C22H25Br2F9O9S3. The monoisotopic (exact) mass is 858 g/mol. The SMILES string of the molecule is C.Cc1cc(Br)c(C)c(C)c1O.Cc1cc(Br)c(C)c(C)c1OS(=O)(=O)C(F)(F)F.O=S(=O)(OS(=O)(=O)C(F)(F)F)C(F)(F)F. The Kier molecular flexibility index (Phi) is 15.5. The average Bonchev–Trinajstić information content (AvgIpc) is 2.81. The van der Waals surface area contributed by atoms with Crippen LogP contribution in [0, 0.1) is 41.5 Å². The number of benzene rings is 2. The number of rotatable bonds is 4. The minimum Gasteiger partial charge on any atom is -0.507 e. The molecule has 0 bridgehead atoms. The molecule has 0 aliphatic rings. The van der Waals surface area contributed by atoms with E-state index < -0.39 is 46.9 Å². The summed E-state index contributed by atoms with van der Waals surface area (Å²) in [6.45, 7) is 10.4. The number of hydrogen-bond donors (Lipinski definition) is 1. The Balaban J connectivity index is 0. The molecule has 2 aromatic carbocycles. The number of phenols is 1. The molecule has 0 saturated heterocycles. The van der Waals surface area contributed by atoms with E-state index in [0.29, 0.717) is 26.9 Å². The zero-order valence-corrected chi connectivity index (χ0v) is 28.4. The summed E-state index contributed by atoms with van der Waals surface area (Å²) in [5.41, 5.74) is -13.7. The van der Waals surface area contributed by atoms with Crippen molar-refractivity contribution in [1.82, 2.24) is 0 Å². The minimum absolute atomic E-state index is 0. The standard InChI is InChI=1S/C10H10BrF3O3S.C9H11BrO.C2F6O5S2.CH4/c1-5-4-8(11)6(2)7(3)9(5)17-18(15,16)10(12,13)14;1-5-4-8(10)6(2)7(3)9(5)11;3-1(4,5)14(9,10)13-15(11,12)2(6,7)8;/h4H,1-3H3;4,11H,1-3H3;;1H4. The first kappa shape index (κ1) is 45.3. The van der Waals surface area contributed by atoms with Crippen molar-refractivity contribution in [3.8, 4) is 11.5 Å². The van der Waals surface area contributed by atoms with E-state index in [2.05, 4.69) is 36.0 Å². The van der Waals surface area contributed by atoms with Gasteiger partial charge < -0.3 is 9.29 Å². The van der Waals surface area contributed by atoms with Crippen LogP contribution in [0.2, 0.25) is 0 Å². The number of alkyl halides is 9. The van der Waals surface area contributed by atoms with Crippen LogP contribution in [0.5, 0.6) is 11.5 Å². The Labute approximate surface area is 270 Å². The largest absolute Gasteiger partial charge is 0.534 e. The predicted octanol–water partition coefficient (Wildman–Crippen LogP) is 8.02. The molecule has 0 radical (unpaired) electrons. The van der Waals surface area contributed by atoms with Crippen molar-refractivity contribution in [2.45, 2.75) is 65.5 Å². The van der Waals surface area contributed by atoms with Crippen molar-refractivity contribution in [2.24, 2.45) is 0 Å². The lowest BCUT2D eigenvalue weighted by Crippen LogP contribution is -2.34. The highest BCUT2D eigenvalue weighted by atomic mass is 79.9. The van der Waals surface area contributed by atoms with Gasteiger partial charge in [0.1, 0.15) is 11.5 Å². The van der Waals surface area contributed by atoms with Crippen LogP contribution in [0.25, 0.3) is 0 Å². The topological polar surface area (TPSA) is 141 Å². The first-order valence-corrected chi connectivity index (χ1v) is 16.6. The molecule has 45 heavy (non-hydrogen) atoms. The normalized spacial score (nSPS) is 12.6. The summed E-state index contributed by atoms with van der Waals surface area (Å²) in [5.74, 6) is 0.124. The van der Waals surface area contributed by atoms with Gasteiger partial charge in [-0.15, -0.1) is 3.63 Å². The number of aryl methyl sites for hydroxylation is 2.